The first-order valence-electron chi connectivity index (χ1n) is 13.9. The molecule has 1 heterocycles. The largest absolute Gasteiger partial charge is 0.459 e. The van der Waals surface area contributed by atoms with Gasteiger partial charge in [-0.05, 0) is 55.8 Å². The number of carbonyl (C=O) groups is 6. The normalized spacial score (nSPS) is 24.7. The number of piperidine rings is 1. The number of hydrogen-bond acceptors (Lipinski definition) is 7. The minimum atomic E-state index is -1.11. The Kier molecular flexibility index (Phi) is 8.62. The van der Waals surface area contributed by atoms with Crippen LogP contribution in [-0.2, 0) is 28.7 Å². The van der Waals surface area contributed by atoms with Crippen LogP contribution in [0.1, 0.15) is 74.7 Å². The average Bonchev–Trinajstić information content (AvgIpc) is 3.65. The van der Waals surface area contributed by atoms with Gasteiger partial charge in [-0.1, -0.05) is 47.5 Å². The maximum Gasteiger partial charge on any atom is 0.325 e. The lowest BCUT2D eigenvalue weighted by Gasteiger charge is -2.37. The second-order valence-electron chi connectivity index (χ2n) is 14.1. The van der Waals surface area contributed by atoms with Crippen molar-refractivity contribution in [2.75, 3.05) is 13.1 Å². The number of urea groups is 1. The van der Waals surface area contributed by atoms with Gasteiger partial charge < -0.3 is 31.3 Å². The van der Waals surface area contributed by atoms with Gasteiger partial charge in [0, 0.05) is 6.54 Å². The fraction of sp³-hybridized carbons (Fsp3) is 0.786. The molecule has 5 atom stereocenters. The summed E-state index contributed by atoms with van der Waals surface area (Å²) in [6.45, 7) is 14.5. The number of nitrogens with zero attached hydrogens (tertiary/aromatic N) is 1. The molecule has 12 nitrogen and oxygen atoms in total. The van der Waals surface area contributed by atoms with Crippen molar-refractivity contribution in [2.45, 2.75) is 98.4 Å². The van der Waals surface area contributed by atoms with Crippen LogP contribution >= 0.6 is 0 Å². The molecule has 3 fully saturated rings. The Labute approximate surface area is 235 Å². The smallest absolute Gasteiger partial charge is 0.325 e. The van der Waals surface area contributed by atoms with E-state index >= 15 is 0 Å². The number of nitrogens with one attached hydrogen (secondary N) is 3. The van der Waals surface area contributed by atoms with Crippen LogP contribution in [0.3, 0.4) is 0 Å². The number of likely N-dealkylation sites (tertiary alicyclic amines) is 1. The Morgan fingerprint density at radius 3 is 2.10 bits per heavy atom. The van der Waals surface area contributed by atoms with E-state index in [0.29, 0.717) is 13.0 Å². The van der Waals surface area contributed by atoms with Crippen LogP contribution < -0.4 is 21.7 Å². The number of rotatable bonds is 10. The van der Waals surface area contributed by atoms with E-state index in [9.17, 15) is 28.8 Å². The summed E-state index contributed by atoms with van der Waals surface area (Å²) in [5.41, 5.74) is 3.61. The Bertz CT molecular complexity index is 1070. The Morgan fingerprint density at radius 2 is 1.60 bits per heavy atom. The molecule has 0 bridgehead atoms. The summed E-state index contributed by atoms with van der Waals surface area (Å²) in [5.74, 6) is -3.34. The number of hydrogen-bond donors (Lipinski definition) is 4. The predicted octanol–water partition coefficient (Wildman–Crippen LogP) is 0.864. The molecule has 2 saturated carbocycles. The highest BCUT2D eigenvalue weighted by atomic mass is 16.6. The Morgan fingerprint density at radius 1 is 1.00 bits per heavy atom. The fourth-order valence-corrected chi connectivity index (χ4v) is 5.69. The maximum atomic E-state index is 13.9. The third-order valence-electron chi connectivity index (χ3n) is 8.10. The summed E-state index contributed by atoms with van der Waals surface area (Å²) in [6.07, 6.45) is 2.16. The summed E-state index contributed by atoms with van der Waals surface area (Å²) in [6, 6.07) is -3.64. The molecule has 0 aromatic rings. The van der Waals surface area contributed by atoms with Gasteiger partial charge in [0.15, 0.2) is 0 Å². The summed E-state index contributed by atoms with van der Waals surface area (Å²) in [5, 5.41) is 7.84. The minimum absolute atomic E-state index is 0.0718. The van der Waals surface area contributed by atoms with E-state index in [2.05, 4.69) is 16.0 Å². The third-order valence-corrected chi connectivity index (χ3v) is 8.10. The summed E-state index contributed by atoms with van der Waals surface area (Å²) >= 11 is 0. The molecule has 0 radical (unpaired) electrons. The molecule has 3 rings (SSSR count). The van der Waals surface area contributed by atoms with Crippen LogP contribution in [0.4, 0.5) is 4.79 Å². The van der Waals surface area contributed by atoms with Gasteiger partial charge in [-0.2, -0.15) is 0 Å². The van der Waals surface area contributed by atoms with Gasteiger partial charge in [-0.3, -0.25) is 24.0 Å². The second kappa shape index (κ2) is 11.0. The Hall–Kier alpha value is -3.18. The molecule has 3 aliphatic rings. The number of ether oxygens (including phenoxy) is 1. The fourth-order valence-electron chi connectivity index (χ4n) is 5.69. The second-order valence-corrected chi connectivity index (χ2v) is 14.1. The number of amides is 5. The predicted molar refractivity (Wildman–Crippen MR) is 145 cm³/mol. The first-order valence-corrected chi connectivity index (χ1v) is 13.9. The number of carbonyl (C=O) groups excluding carboxylic acids is 6. The summed E-state index contributed by atoms with van der Waals surface area (Å²) in [4.78, 5) is 77.9. The monoisotopic (exact) mass is 563 g/mol. The zero-order valence-corrected chi connectivity index (χ0v) is 24.9. The molecular weight excluding hydrogens is 518 g/mol. The molecule has 40 heavy (non-hydrogen) atoms. The molecule has 0 aromatic carbocycles. The molecule has 0 spiro atoms. The van der Waals surface area contributed by atoms with E-state index < -0.39 is 64.6 Å². The van der Waals surface area contributed by atoms with E-state index in [0.717, 1.165) is 12.8 Å². The van der Waals surface area contributed by atoms with Gasteiger partial charge in [0.1, 0.15) is 24.2 Å². The molecule has 224 valence electrons. The molecule has 1 saturated heterocycles. The first kappa shape index (κ1) is 31.3. The standard InChI is InChI=1S/C28H45N5O7/c1-26(2,3)21(32-25(39)30-12-17(34)40-27(4,5)6)24(38)33-13-15-18(28(15,7)8)19(33)23(37)31-16(11-14-9-10-14)20(35)22(29)36/h14-16,18-19,21H,9-13H2,1-8H3,(H2,29,36)(H,31,37)(H2,30,32,39)/t15-,16?,18-,19-,21+/m0/s1. The number of nitrogens with two attached hydrogens (primary N) is 1. The highest BCUT2D eigenvalue weighted by Crippen LogP contribution is 2.65. The Balaban J connectivity index is 1.75. The lowest BCUT2D eigenvalue weighted by molar-refractivity contribution is -0.153. The van der Waals surface area contributed by atoms with Crippen LogP contribution in [0.5, 0.6) is 0 Å². The molecule has 12 heteroatoms. The van der Waals surface area contributed by atoms with Gasteiger partial charge in [0.2, 0.25) is 17.6 Å². The quantitative estimate of drug-likeness (QED) is 0.225. The van der Waals surface area contributed by atoms with Crippen LogP contribution in [0, 0.1) is 28.6 Å². The molecular formula is C28H45N5O7. The van der Waals surface area contributed by atoms with Crippen molar-refractivity contribution < 1.29 is 33.5 Å². The molecule has 5 amide bonds. The van der Waals surface area contributed by atoms with E-state index in [1.807, 2.05) is 13.8 Å². The van der Waals surface area contributed by atoms with E-state index in [-0.39, 0.29) is 29.7 Å². The van der Waals surface area contributed by atoms with Gasteiger partial charge in [0.25, 0.3) is 5.91 Å². The number of fused-ring (bicyclic) bond motifs is 1. The van der Waals surface area contributed by atoms with Crippen LogP contribution in [-0.4, -0.2) is 77.2 Å². The first-order chi connectivity index (χ1) is 18.2. The van der Waals surface area contributed by atoms with Crippen molar-refractivity contribution in [3.63, 3.8) is 0 Å². The zero-order valence-electron chi connectivity index (χ0n) is 24.9. The van der Waals surface area contributed by atoms with Crippen molar-refractivity contribution in [3.05, 3.63) is 0 Å². The number of Topliss-reactive ketones (excluding diaryl/α,β-unsaturated/α-hetero) is 1. The highest BCUT2D eigenvalue weighted by Gasteiger charge is 2.70. The summed E-state index contributed by atoms with van der Waals surface area (Å²) < 4.78 is 5.20. The average molecular weight is 564 g/mol. The van der Waals surface area contributed by atoms with E-state index in [1.165, 1.54) is 4.90 Å². The van der Waals surface area contributed by atoms with Gasteiger partial charge in [0.05, 0.1) is 6.04 Å². The molecule has 1 aliphatic heterocycles. The van der Waals surface area contributed by atoms with E-state index in [4.69, 9.17) is 10.5 Å². The molecule has 2 aliphatic carbocycles. The maximum absolute atomic E-state index is 13.9. The summed E-state index contributed by atoms with van der Waals surface area (Å²) in [7, 11) is 0. The van der Waals surface area contributed by atoms with Crippen LogP contribution in [0.25, 0.3) is 0 Å². The number of esters is 1. The SMILES string of the molecule is CC(C)(C)OC(=O)CNC(=O)N[C@H](C(=O)N1C[C@H]2[C@@H]([C@H]1C(=O)NC(CC1CC1)C(=O)C(N)=O)C2(C)C)C(C)(C)C. The minimum Gasteiger partial charge on any atom is -0.459 e. The molecule has 5 N–H and O–H groups in total. The van der Waals surface area contributed by atoms with Crippen molar-refractivity contribution in [3.8, 4) is 0 Å². The lowest BCUT2D eigenvalue weighted by Crippen LogP contribution is -2.61. The lowest BCUT2D eigenvalue weighted by atomic mass is 9.85. The van der Waals surface area contributed by atoms with Crippen LogP contribution in [0.15, 0.2) is 0 Å². The molecule has 0 aromatic heterocycles. The number of primary amides is 1. The number of ketones is 1. The molecule has 1 unspecified atom stereocenters. The van der Waals surface area contributed by atoms with Gasteiger partial charge in [-0.15, -0.1) is 0 Å². The van der Waals surface area contributed by atoms with Crippen molar-refractivity contribution >= 4 is 35.5 Å². The van der Waals surface area contributed by atoms with Gasteiger partial charge in [-0.25, -0.2) is 4.79 Å². The topological polar surface area (TPSA) is 177 Å². The third kappa shape index (κ3) is 7.31. The van der Waals surface area contributed by atoms with Crippen molar-refractivity contribution in [2.24, 2.45) is 34.3 Å². The highest BCUT2D eigenvalue weighted by molar-refractivity contribution is 6.37. The zero-order chi connectivity index (χ0) is 30.4. The van der Waals surface area contributed by atoms with Crippen LogP contribution in [0.2, 0.25) is 0 Å². The van der Waals surface area contributed by atoms with E-state index in [1.54, 1.807) is 41.5 Å². The van der Waals surface area contributed by atoms with Crippen molar-refractivity contribution in [1.82, 2.24) is 20.9 Å². The van der Waals surface area contributed by atoms with Crippen molar-refractivity contribution in [1.29, 1.82) is 0 Å². The van der Waals surface area contributed by atoms with Gasteiger partial charge >= 0.3 is 12.0 Å².